The van der Waals surface area contributed by atoms with Gasteiger partial charge in [0.2, 0.25) is 0 Å². The zero-order chi connectivity index (χ0) is 18.6. The van der Waals surface area contributed by atoms with Gasteiger partial charge >= 0.3 is 0 Å². The van der Waals surface area contributed by atoms with Gasteiger partial charge in [0.25, 0.3) is 5.91 Å². The van der Waals surface area contributed by atoms with Crippen molar-refractivity contribution in [3.05, 3.63) is 72.1 Å². The van der Waals surface area contributed by atoms with E-state index < -0.39 is 0 Å². The van der Waals surface area contributed by atoms with E-state index in [9.17, 15) is 4.79 Å². The first-order valence-corrected chi connectivity index (χ1v) is 9.29. The molecule has 2 heterocycles. The smallest absolute Gasteiger partial charge is 0.273 e. The number of carbonyl (C=O) groups excluding carboxylic acids is 1. The van der Waals surface area contributed by atoms with Gasteiger partial charge in [-0.05, 0) is 49.6 Å². The number of aromatic nitrogens is 3. The summed E-state index contributed by atoms with van der Waals surface area (Å²) in [7, 11) is 0. The lowest BCUT2D eigenvalue weighted by atomic mass is 10.0. The monoisotopic (exact) mass is 361 g/mol. The second kappa shape index (κ2) is 7.61. The first-order valence-electron chi connectivity index (χ1n) is 9.29. The number of amides is 1. The number of hydrogen-bond acceptors (Lipinski definition) is 4. The van der Waals surface area contributed by atoms with E-state index in [1.165, 1.54) is 11.3 Å². The van der Waals surface area contributed by atoms with Crippen LogP contribution in [-0.4, -0.2) is 40.0 Å². The molecule has 1 saturated heterocycles. The van der Waals surface area contributed by atoms with Gasteiger partial charge in [-0.2, -0.15) is 0 Å². The summed E-state index contributed by atoms with van der Waals surface area (Å²) in [4.78, 5) is 14.9. The summed E-state index contributed by atoms with van der Waals surface area (Å²) in [5.41, 5.74) is 3.76. The molecule has 1 aliphatic rings. The summed E-state index contributed by atoms with van der Waals surface area (Å²) in [6.45, 7) is 3.98. The van der Waals surface area contributed by atoms with Crippen molar-refractivity contribution < 1.29 is 4.79 Å². The quantitative estimate of drug-likeness (QED) is 0.776. The van der Waals surface area contributed by atoms with E-state index in [1.54, 1.807) is 10.9 Å². The van der Waals surface area contributed by atoms with Crippen molar-refractivity contribution >= 4 is 11.6 Å². The molecule has 1 aliphatic heterocycles. The Hall–Kier alpha value is -3.15. The molecule has 0 aliphatic carbocycles. The Bertz CT molecular complexity index is 913. The molecule has 6 heteroatoms. The fraction of sp³-hybridized carbons (Fsp3) is 0.286. The molecular weight excluding hydrogens is 338 g/mol. The summed E-state index contributed by atoms with van der Waals surface area (Å²) in [5.74, 6) is -0.161. The molecule has 6 nitrogen and oxygen atoms in total. The highest BCUT2D eigenvalue weighted by Crippen LogP contribution is 2.21. The molecule has 0 unspecified atom stereocenters. The van der Waals surface area contributed by atoms with Gasteiger partial charge in [-0.15, -0.1) is 5.10 Å². The number of aryl methyl sites for hydroxylation is 1. The molecule has 0 atom stereocenters. The van der Waals surface area contributed by atoms with E-state index in [2.05, 4.69) is 51.7 Å². The van der Waals surface area contributed by atoms with Crippen LogP contribution in [0.2, 0.25) is 0 Å². The fourth-order valence-electron chi connectivity index (χ4n) is 3.44. The number of rotatable bonds is 4. The highest BCUT2D eigenvalue weighted by atomic mass is 16.2. The van der Waals surface area contributed by atoms with Crippen LogP contribution in [-0.2, 0) is 0 Å². The van der Waals surface area contributed by atoms with Crippen LogP contribution in [0.5, 0.6) is 0 Å². The van der Waals surface area contributed by atoms with Crippen molar-refractivity contribution in [3.8, 4) is 5.69 Å². The lowest BCUT2D eigenvalue weighted by Crippen LogP contribution is -2.44. The summed E-state index contributed by atoms with van der Waals surface area (Å²) >= 11 is 0. The second-order valence-corrected chi connectivity index (χ2v) is 6.96. The number of benzene rings is 2. The van der Waals surface area contributed by atoms with Crippen molar-refractivity contribution in [2.45, 2.75) is 25.8 Å². The molecule has 0 bridgehead atoms. The van der Waals surface area contributed by atoms with Crippen molar-refractivity contribution in [1.29, 1.82) is 0 Å². The summed E-state index contributed by atoms with van der Waals surface area (Å²) < 4.78 is 1.62. The van der Waals surface area contributed by atoms with Gasteiger partial charge in [0, 0.05) is 24.8 Å². The van der Waals surface area contributed by atoms with Crippen LogP contribution >= 0.6 is 0 Å². The van der Waals surface area contributed by atoms with Crippen LogP contribution < -0.4 is 10.2 Å². The van der Waals surface area contributed by atoms with E-state index in [0.717, 1.165) is 31.6 Å². The predicted octanol–water partition coefficient (Wildman–Crippen LogP) is 2.97. The maximum atomic E-state index is 12.5. The van der Waals surface area contributed by atoms with Crippen LogP contribution in [0.1, 0.15) is 28.9 Å². The van der Waals surface area contributed by atoms with Gasteiger partial charge in [-0.1, -0.05) is 35.5 Å². The van der Waals surface area contributed by atoms with Gasteiger partial charge < -0.3 is 10.2 Å². The van der Waals surface area contributed by atoms with Crippen LogP contribution in [0.25, 0.3) is 5.69 Å². The summed E-state index contributed by atoms with van der Waals surface area (Å²) in [5, 5.41) is 11.2. The molecular formula is C21H23N5O. The Balaban J connectivity index is 1.34. The summed E-state index contributed by atoms with van der Waals surface area (Å²) in [6.07, 6.45) is 3.52. The lowest BCUT2D eigenvalue weighted by molar-refractivity contribution is 0.0926. The minimum atomic E-state index is -0.161. The summed E-state index contributed by atoms with van der Waals surface area (Å²) in [6, 6.07) is 18.4. The second-order valence-electron chi connectivity index (χ2n) is 6.96. The largest absolute Gasteiger partial charge is 0.371 e. The Morgan fingerprint density at radius 1 is 1.04 bits per heavy atom. The van der Waals surface area contributed by atoms with E-state index in [4.69, 9.17) is 0 Å². The molecule has 1 fully saturated rings. The Labute approximate surface area is 158 Å². The third-order valence-electron chi connectivity index (χ3n) is 4.94. The minimum absolute atomic E-state index is 0.161. The molecule has 1 amide bonds. The molecule has 138 valence electrons. The zero-order valence-corrected chi connectivity index (χ0v) is 15.4. The zero-order valence-electron chi connectivity index (χ0n) is 15.4. The maximum Gasteiger partial charge on any atom is 0.273 e. The van der Waals surface area contributed by atoms with E-state index in [0.29, 0.717) is 5.69 Å². The molecule has 0 radical (unpaired) electrons. The fourth-order valence-corrected chi connectivity index (χ4v) is 3.44. The molecule has 0 spiro atoms. The number of nitrogens with zero attached hydrogens (tertiary/aromatic N) is 4. The highest BCUT2D eigenvalue weighted by Gasteiger charge is 2.22. The molecule has 1 N–H and O–H groups in total. The first kappa shape index (κ1) is 17.3. The van der Waals surface area contributed by atoms with Gasteiger partial charge in [-0.3, -0.25) is 4.79 Å². The topological polar surface area (TPSA) is 63.1 Å². The van der Waals surface area contributed by atoms with Crippen molar-refractivity contribution in [2.24, 2.45) is 0 Å². The third-order valence-corrected chi connectivity index (χ3v) is 4.94. The Morgan fingerprint density at radius 2 is 1.78 bits per heavy atom. The Kier molecular flexibility index (Phi) is 4.87. The van der Waals surface area contributed by atoms with Crippen molar-refractivity contribution in [2.75, 3.05) is 18.0 Å². The average Bonchev–Trinajstić information content (AvgIpc) is 3.20. The van der Waals surface area contributed by atoms with Crippen LogP contribution in [0.4, 0.5) is 5.69 Å². The number of anilines is 1. The van der Waals surface area contributed by atoms with Crippen LogP contribution in [0.15, 0.2) is 60.8 Å². The normalized spacial score (nSPS) is 14.9. The standard InChI is InChI=1S/C21H23N5O/c1-16-6-5-9-19(14-16)25-12-10-17(11-13-25)22-21(27)20-15-26(24-23-20)18-7-3-2-4-8-18/h2-9,14-15,17H,10-13H2,1H3,(H,22,27). The SMILES string of the molecule is Cc1cccc(N2CCC(NC(=O)c3cn(-c4ccccc4)nn3)CC2)c1. The third kappa shape index (κ3) is 4.00. The number of piperidine rings is 1. The highest BCUT2D eigenvalue weighted by molar-refractivity contribution is 5.92. The number of hydrogen-bond donors (Lipinski definition) is 1. The number of para-hydroxylation sites is 1. The predicted molar refractivity (Wildman–Crippen MR) is 105 cm³/mol. The van der Waals surface area contributed by atoms with E-state index in [-0.39, 0.29) is 11.9 Å². The molecule has 3 aromatic rings. The Morgan fingerprint density at radius 3 is 2.52 bits per heavy atom. The van der Waals surface area contributed by atoms with E-state index in [1.807, 2.05) is 30.3 Å². The maximum absolute atomic E-state index is 12.5. The van der Waals surface area contributed by atoms with Crippen LogP contribution in [0, 0.1) is 6.92 Å². The van der Waals surface area contributed by atoms with Crippen LogP contribution in [0.3, 0.4) is 0 Å². The van der Waals surface area contributed by atoms with Gasteiger partial charge in [0.1, 0.15) is 0 Å². The van der Waals surface area contributed by atoms with Gasteiger partial charge in [0.15, 0.2) is 5.69 Å². The molecule has 4 rings (SSSR count). The first-order chi connectivity index (χ1) is 13.2. The van der Waals surface area contributed by atoms with Gasteiger partial charge in [-0.25, -0.2) is 4.68 Å². The van der Waals surface area contributed by atoms with Crippen molar-refractivity contribution in [3.63, 3.8) is 0 Å². The number of nitrogens with one attached hydrogen (secondary N) is 1. The number of carbonyl (C=O) groups is 1. The van der Waals surface area contributed by atoms with Crippen molar-refractivity contribution in [1.82, 2.24) is 20.3 Å². The molecule has 1 aromatic heterocycles. The average molecular weight is 361 g/mol. The molecule has 2 aromatic carbocycles. The minimum Gasteiger partial charge on any atom is -0.371 e. The molecule has 27 heavy (non-hydrogen) atoms. The van der Waals surface area contributed by atoms with Gasteiger partial charge in [0.05, 0.1) is 11.9 Å². The molecule has 0 saturated carbocycles. The van der Waals surface area contributed by atoms with E-state index >= 15 is 0 Å². The lowest BCUT2D eigenvalue weighted by Gasteiger charge is -2.34.